The average molecular weight is 330 g/mol. The molecule has 2 saturated carbocycles. The minimum Gasteiger partial charge on any atom is -0.508 e. The Kier molecular flexibility index (Phi) is 3.64. The average Bonchev–Trinajstić information content (AvgIpc) is 2.83. The van der Waals surface area contributed by atoms with E-state index in [4.69, 9.17) is 5.11 Å². The van der Waals surface area contributed by atoms with E-state index in [0.29, 0.717) is 23.3 Å². The Hall–Kier alpha value is -1.55. The van der Waals surface area contributed by atoms with Crippen LogP contribution in [-0.4, -0.2) is 27.4 Å². The molecule has 0 spiro atoms. The van der Waals surface area contributed by atoms with Crippen LogP contribution in [0.15, 0.2) is 12.1 Å². The highest BCUT2D eigenvalue weighted by Gasteiger charge is 2.54. The van der Waals surface area contributed by atoms with E-state index in [1.807, 2.05) is 6.07 Å². The van der Waals surface area contributed by atoms with E-state index in [1.54, 1.807) is 6.07 Å². The van der Waals surface area contributed by atoms with Crippen LogP contribution in [0.5, 0.6) is 5.75 Å². The maximum atomic E-state index is 11.1. The summed E-state index contributed by atoms with van der Waals surface area (Å²) in [4.78, 5) is 11.1. The zero-order valence-electron chi connectivity index (χ0n) is 14.2. The van der Waals surface area contributed by atoms with E-state index in [2.05, 4.69) is 6.92 Å². The van der Waals surface area contributed by atoms with Gasteiger partial charge < -0.3 is 15.3 Å². The van der Waals surface area contributed by atoms with Crippen LogP contribution in [0.3, 0.4) is 0 Å². The molecule has 0 aromatic heterocycles. The number of aliphatic carboxylic acids is 1. The molecule has 4 nitrogen and oxygen atoms in total. The number of rotatable bonds is 2. The third-order valence-electron chi connectivity index (χ3n) is 7.22. The van der Waals surface area contributed by atoms with Crippen LogP contribution in [0.25, 0.3) is 0 Å². The van der Waals surface area contributed by atoms with Gasteiger partial charge in [0.2, 0.25) is 0 Å². The number of phenols is 1. The van der Waals surface area contributed by atoms with Gasteiger partial charge in [0.05, 0.1) is 12.5 Å². The third kappa shape index (κ3) is 2.26. The highest BCUT2D eigenvalue weighted by Crippen LogP contribution is 2.61. The zero-order valence-corrected chi connectivity index (χ0v) is 14.2. The lowest BCUT2D eigenvalue weighted by Crippen LogP contribution is -2.43. The molecule has 5 atom stereocenters. The molecule has 3 aliphatic rings. The van der Waals surface area contributed by atoms with Crippen molar-refractivity contribution in [3.05, 3.63) is 28.8 Å². The van der Waals surface area contributed by atoms with Crippen LogP contribution in [0.1, 0.15) is 61.6 Å². The third-order valence-corrected chi connectivity index (χ3v) is 7.22. The molecule has 1 aromatic rings. The SMILES string of the molecule is C[C@]12CC[C@@H]3c4cc(CC(=O)O)c(O)cc4CC[C@H]3[C@@H]1CC[C@@H]2O. The van der Waals surface area contributed by atoms with Crippen LogP contribution in [0.4, 0.5) is 0 Å². The summed E-state index contributed by atoms with van der Waals surface area (Å²) in [5, 5.41) is 29.7. The lowest BCUT2D eigenvalue weighted by molar-refractivity contribution is -0.136. The molecule has 2 fully saturated rings. The molecule has 3 aliphatic carbocycles. The number of carbonyl (C=O) groups is 1. The van der Waals surface area contributed by atoms with Gasteiger partial charge in [0.25, 0.3) is 0 Å². The van der Waals surface area contributed by atoms with Gasteiger partial charge in [0.15, 0.2) is 0 Å². The van der Waals surface area contributed by atoms with Gasteiger partial charge in [-0.25, -0.2) is 0 Å². The van der Waals surface area contributed by atoms with Crippen molar-refractivity contribution in [2.75, 3.05) is 0 Å². The van der Waals surface area contributed by atoms with E-state index >= 15 is 0 Å². The van der Waals surface area contributed by atoms with Crippen molar-refractivity contribution in [2.24, 2.45) is 17.3 Å². The second-order valence-corrected chi connectivity index (χ2v) is 8.30. The molecule has 0 heterocycles. The number of carboxylic acid groups (broad SMARTS) is 1. The Bertz CT molecular complexity index is 682. The Labute approximate surface area is 142 Å². The number of hydrogen-bond donors (Lipinski definition) is 3. The first kappa shape index (κ1) is 15.9. The summed E-state index contributed by atoms with van der Waals surface area (Å²) in [6.07, 6.45) is 5.87. The van der Waals surface area contributed by atoms with Crippen molar-refractivity contribution in [1.82, 2.24) is 0 Å². The molecule has 4 heteroatoms. The molecule has 3 N–H and O–H groups in total. The molecule has 0 saturated heterocycles. The van der Waals surface area contributed by atoms with Gasteiger partial charge in [-0.1, -0.05) is 13.0 Å². The molecule has 0 amide bonds. The van der Waals surface area contributed by atoms with Crippen molar-refractivity contribution in [3.8, 4) is 5.75 Å². The monoisotopic (exact) mass is 330 g/mol. The number of hydrogen-bond acceptors (Lipinski definition) is 3. The number of aromatic hydroxyl groups is 1. The molecule has 0 aliphatic heterocycles. The van der Waals surface area contributed by atoms with Crippen LogP contribution in [0.2, 0.25) is 0 Å². The zero-order chi connectivity index (χ0) is 17.1. The van der Waals surface area contributed by atoms with E-state index in [9.17, 15) is 15.0 Å². The number of aryl methyl sites for hydroxylation is 1. The standard InChI is InChI=1S/C20H26O4/c1-20-7-6-13-14(16(20)4-5-18(20)22)3-2-11-9-17(21)12(8-15(11)13)10-19(23)24/h8-9,13-14,16,18,21-22H,2-7,10H2,1H3,(H,23,24)/t13-,14+,16-,18-,20-/m0/s1. The minimum absolute atomic E-state index is 0.0550. The van der Waals surface area contributed by atoms with E-state index < -0.39 is 5.97 Å². The number of benzene rings is 1. The number of carboxylic acids is 1. The van der Waals surface area contributed by atoms with E-state index in [-0.39, 0.29) is 23.7 Å². The molecule has 4 rings (SSSR count). The van der Waals surface area contributed by atoms with Gasteiger partial charge in [0.1, 0.15) is 5.75 Å². The first-order chi connectivity index (χ1) is 11.4. The summed E-state index contributed by atoms with van der Waals surface area (Å²) in [6.45, 7) is 2.26. The molecule has 24 heavy (non-hydrogen) atoms. The minimum atomic E-state index is -0.909. The van der Waals surface area contributed by atoms with Gasteiger partial charge >= 0.3 is 5.97 Å². The van der Waals surface area contributed by atoms with Gasteiger partial charge in [-0.2, -0.15) is 0 Å². The first-order valence-corrected chi connectivity index (χ1v) is 9.14. The summed E-state index contributed by atoms with van der Waals surface area (Å²) in [5.41, 5.74) is 3.02. The topological polar surface area (TPSA) is 77.8 Å². The Morgan fingerprint density at radius 2 is 2.04 bits per heavy atom. The summed E-state index contributed by atoms with van der Waals surface area (Å²) >= 11 is 0. The fraction of sp³-hybridized carbons (Fsp3) is 0.650. The molecular weight excluding hydrogens is 304 g/mol. The van der Waals surface area contributed by atoms with Gasteiger partial charge in [-0.3, -0.25) is 4.79 Å². The molecule has 0 radical (unpaired) electrons. The van der Waals surface area contributed by atoms with Gasteiger partial charge in [-0.05, 0) is 78.9 Å². The van der Waals surface area contributed by atoms with Crippen molar-refractivity contribution in [3.63, 3.8) is 0 Å². The maximum Gasteiger partial charge on any atom is 0.307 e. The van der Waals surface area contributed by atoms with Gasteiger partial charge in [-0.15, -0.1) is 0 Å². The van der Waals surface area contributed by atoms with Crippen LogP contribution in [0, 0.1) is 17.3 Å². The fourth-order valence-corrected chi connectivity index (χ4v) is 5.93. The number of fused-ring (bicyclic) bond motifs is 5. The Balaban J connectivity index is 1.70. The molecule has 0 unspecified atom stereocenters. The quantitative estimate of drug-likeness (QED) is 0.778. The summed E-state index contributed by atoms with van der Waals surface area (Å²) in [6, 6.07) is 3.74. The van der Waals surface area contributed by atoms with Crippen molar-refractivity contribution in [1.29, 1.82) is 0 Å². The summed E-state index contributed by atoms with van der Waals surface area (Å²) in [5.74, 6) is 0.802. The number of aliphatic hydroxyl groups is 1. The summed E-state index contributed by atoms with van der Waals surface area (Å²) in [7, 11) is 0. The van der Waals surface area contributed by atoms with Crippen LogP contribution < -0.4 is 0 Å². The summed E-state index contributed by atoms with van der Waals surface area (Å²) < 4.78 is 0. The second kappa shape index (κ2) is 5.48. The maximum absolute atomic E-state index is 11.1. The fourth-order valence-electron chi connectivity index (χ4n) is 5.93. The van der Waals surface area contributed by atoms with Gasteiger partial charge in [0, 0.05) is 5.56 Å². The predicted octanol–water partition coefficient (Wildman–Crippen LogP) is 3.24. The molecule has 1 aromatic carbocycles. The van der Waals surface area contributed by atoms with Crippen molar-refractivity contribution in [2.45, 2.75) is 63.9 Å². The highest BCUT2D eigenvalue weighted by molar-refractivity contribution is 5.71. The van der Waals surface area contributed by atoms with Crippen LogP contribution >= 0.6 is 0 Å². The van der Waals surface area contributed by atoms with E-state index in [0.717, 1.165) is 38.5 Å². The smallest absolute Gasteiger partial charge is 0.307 e. The lowest BCUT2D eigenvalue weighted by Gasteiger charge is -2.50. The Morgan fingerprint density at radius 1 is 1.25 bits per heavy atom. The van der Waals surface area contributed by atoms with Crippen LogP contribution in [-0.2, 0) is 17.6 Å². The number of phenolic OH excluding ortho intramolecular Hbond substituents is 1. The van der Waals surface area contributed by atoms with Crippen molar-refractivity contribution < 1.29 is 20.1 Å². The number of aliphatic hydroxyl groups excluding tert-OH is 1. The van der Waals surface area contributed by atoms with E-state index in [1.165, 1.54) is 11.1 Å². The second-order valence-electron chi connectivity index (χ2n) is 8.30. The molecule has 130 valence electrons. The molecule has 0 bridgehead atoms. The lowest BCUT2D eigenvalue weighted by atomic mass is 9.55. The molecular formula is C20H26O4. The predicted molar refractivity (Wildman–Crippen MR) is 90.1 cm³/mol. The first-order valence-electron chi connectivity index (χ1n) is 9.14. The van der Waals surface area contributed by atoms with Crippen molar-refractivity contribution >= 4 is 5.97 Å². The largest absolute Gasteiger partial charge is 0.508 e. The highest BCUT2D eigenvalue weighted by atomic mass is 16.4. The Morgan fingerprint density at radius 3 is 2.79 bits per heavy atom. The normalized spacial score (nSPS) is 37.4.